The molecule has 0 fully saturated rings. The lowest BCUT2D eigenvalue weighted by Crippen LogP contribution is -2.25. The lowest BCUT2D eigenvalue weighted by atomic mass is 10.1. The molecule has 1 heterocycles. The summed E-state index contributed by atoms with van der Waals surface area (Å²) in [5.41, 5.74) is 2.99. The summed E-state index contributed by atoms with van der Waals surface area (Å²) in [6, 6.07) is 9.85. The SMILES string of the molecule is CCCCNC(=O)/C(C#N)=C/c1c(C)[nH]c2ccccc12. The first kappa shape index (κ1) is 14.9. The van der Waals surface area contributed by atoms with Crippen LogP contribution in [0.1, 0.15) is 31.0 Å². The Kier molecular flexibility index (Phi) is 4.78. The number of rotatable bonds is 5. The third kappa shape index (κ3) is 3.32. The smallest absolute Gasteiger partial charge is 0.261 e. The van der Waals surface area contributed by atoms with E-state index < -0.39 is 0 Å². The van der Waals surface area contributed by atoms with Gasteiger partial charge < -0.3 is 10.3 Å². The number of hydrogen-bond acceptors (Lipinski definition) is 2. The molecule has 4 nitrogen and oxygen atoms in total. The van der Waals surface area contributed by atoms with Crippen LogP contribution in [0.15, 0.2) is 29.8 Å². The highest BCUT2D eigenvalue weighted by Gasteiger charge is 2.12. The van der Waals surface area contributed by atoms with Crippen molar-refractivity contribution < 1.29 is 4.79 Å². The number of unbranched alkanes of at least 4 members (excludes halogenated alkanes) is 1. The number of amides is 1. The highest BCUT2D eigenvalue weighted by molar-refractivity contribution is 6.04. The summed E-state index contributed by atoms with van der Waals surface area (Å²) in [6.07, 6.45) is 3.58. The second-order valence-corrected chi connectivity index (χ2v) is 4.99. The van der Waals surface area contributed by atoms with Gasteiger partial charge in [0.2, 0.25) is 0 Å². The number of aromatic nitrogens is 1. The van der Waals surface area contributed by atoms with E-state index in [9.17, 15) is 10.1 Å². The molecule has 21 heavy (non-hydrogen) atoms. The van der Waals surface area contributed by atoms with E-state index in [4.69, 9.17) is 0 Å². The Morgan fingerprint density at radius 1 is 1.43 bits per heavy atom. The van der Waals surface area contributed by atoms with Crippen LogP contribution < -0.4 is 5.32 Å². The molecule has 0 aliphatic heterocycles. The van der Waals surface area contributed by atoms with Gasteiger partial charge in [0.1, 0.15) is 11.6 Å². The first-order valence-corrected chi connectivity index (χ1v) is 7.14. The van der Waals surface area contributed by atoms with Crippen molar-refractivity contribution in [3.8, 4) is 6.07 Å². The number of nitrogens with zero attached hydrogens (tertiary/aromatic N) is 1. The van der Waals surface area contributed by atoms with Gasteiger partial charge >= 0.3 is 0 Å². The van der Waals surface area contributed by atoms with E-state index in [1.807, 2.05) is 37.3 Å². The van der Waals surface area contributed by atoms with E-state index in [0.29, 0.717) is 6.54 Å². The van der Waals surface area contributed by atoms with Crippen molar-refractivity contribution in [3.63, 3.8) is 0 Å². The number of carbonyl (C=O) groups excluding carboxylic acids is 1. The summed E-state index contributed by atoms with van der Waals surface area (Å²) in [5, 5.41) is 13.0. The summed E-state index contributed by atoms with van der Waals surface area (Å²) in [5.74, 6) is -0.310. The minimum absolute atomic E-state index is 0.138. The maximum Gasteiger partial charge on any atom is 0.261 e. The Balaban J connectivity index is 2.32. The molecule has 1 aromatic heterocycles. The Morgan fingerprint density at radius 3 is 2.90 bits per heavy atom. The molecule has 0 unspecified atom stereocenters. The molecule has 108 valence electrons. The number of para-hydroxylation sites is 1. The predicted molar refractivity (Wildman–Crippen MR) is 84.5 cm³/mol. The van der Waals surface area contributed by atoms with Gasteiger partial charge in [-0.15, -0.1) is 0 Å². The third-order valence-electron chi connectivity index (χ3n) is 3.41. The summed E-state index contributed by atoms with van der Waals surface area (Å²) in [4.78, 5) is 15.3. The first-order valence-electron chi connectivity index (χ1n) is 7.14. The van der Waals surface area contributed by atoms with Gasteiger partial charge in [-0.25, -0.2) is 0 Å². The number of aromatic amines is 1. The van der Waals surface area contributed by atoms with Gasteiger partial charge in [0.25, 0.3) is 5.91 Å². The van der Waals surface area contributed by atoms with Crippen molar-refractivity contribution in [2.75, 3.05) is 6.54 Å². The van der Waals surface area contributed by atoms with Gasteiger partial charge in [0, 0.05) is 28.7 Å². The number of aryl methyl sites for hydroxylation is 1. The minimum Gasteiger partial charge on any atom is -0.358 e. The topological polar surface area (TPSA) is 68.7 Å². The van der Waals surface area contributed by atoms with Crippen LogP contribution in [0, 0.1) is 18.3 Å². The lowest BCUT2D eigenvalue weighted by Gasteiger charge is -2.03. The van der Waals surface area contributed by atoms with E-state index in [2.05, 4.69) is 17.2 Å². The average Bonchev–Trinajstić information content (AvgIpc) is 2.80. The van der Waals surface area contributed by atoms with E-state index in [1.54, 1.807) is 6.08 Å². The van der Waals surface area contributed by atoms with Crippen LogP contribution >= 0.6 is 0 Å². The molecule has 0 saturated heterocycles. The number of nitrogens with one attached hydrogen (secondary N) is 2. The van der Waals surface area contributed by atoms with Gasteiger partial charge in [-0.3, -0.25) is 4.79 Å². The van der Waals surface area contributed by atoms with E-state index in [-0.39, 0.29) is 11.5 Å². The van der Waals surface area contributed by atoms with Gasteiger partial charge in [0.05, 0.1) is 0 Å². The second kappa shape index (κ2) is 6.76. The van der Waals surface area contributed by atoms with Crippen molar-refractivity contribution in [2.45, 2.75) is 26.7 Å². The van der Waals surface area contributed by atoms with Crippen molar-refractivity contribution in [1.82, 2.24) is 10.3 Å². The zero-order valence-corrected chi connectivity index (χ0v) is 12.4. The van der Waals surface area contributed by atoms with Crippen molar-refractivity contribution in [3.05, 3.63) is 41.1 Å². The molecule has 0 bridgehead atoms. The standard InChI is InChI=1S/C17H19N3O/c1-3-4-9-19-17(21)13(11-18)10-15-12(2)20-16-8-6-5-7-14(15)16/h5-8,10,20H,3-4,9H2,1-2H3,(H,19,21)/b13-10+. The minimum atomic E-state index is -0.310. The van der Waals surface area contributed by atoms with Crippen molar-refractivity contribution >= 4 is 22.9 Å². The monoisotopic (exact) mass is 281 g/mol. The van der Waals surface area contributed by atoms with Crippen LogP contribution in [0.25, 0.3) is 17.0 Å². The molecule has 0 atom stereocenters. The predicted octanol–water partition coefficient (Wildman–Crippen LogP) is 3.30. The molecule has 1 aromatic carbocycles. The summed E-state index contributed by atoms with van der Waals surface area (Å²) in [6.45, 7) is 4.60. The highest BCUT2D eigenvalue weighted by Crippen LogP contribution is 2.24. The van der Waals surface area contributed by atoms with Gasteiger partial charge in [-0.2, -0.15) is 5.26 Å². The Hall–Kier alpha value is -2.54. The van der Waals surface area contributed by atoms with Crippen LogP contribution in [-0.2, 0) is 4.79 Å². The van der Waals surface area contributed by atoms with E-state index in [0.717, 1.165) is 35.0 Å². The molecular formula is C17H19N3O. The van der Waals surface area contributed by atoms with Gasteiger partial charge in [-0.1, -0.05) is 31.5 Å². The number of benzene rings is 1. The number of carbonyl (C=O) groups is 1. The maximum absolute atomic E-state index is 12.0. The molecule has 2 aromatic rings. The van der Waals surface area contributed by atoms with Gasteiger partial charge in [0.15, 0.2) is 0 Å². The second-order valence-electron chi connectivity index (χ2n) is 4.99. The molecule has 0 aliphatic carbocycles. The zero-order valence-electron chi connectivity index (χ0n) is 12.4. The van der Waals surface area contributed by atoms with Crippen LogP contribution in [-0.4, -0.2) is 17.4 Å². The fraction of sp³-hybridized carbons (Fsp3) is 0.294. The van der Waals surface area contributed by atoms with E-state index >= 15 is 0 Å². The number of hydrogen-bond donors (Lipinski definition) is 2. The molecule has 0 aliphatic rings. The Morgan fingerprint density at radius 2 is 2.19 bits per heavy atom. The average molecular weight is 281 g/mol. The molecule has 0 radical (unpaired) electrons. The zero-order chi connectivity index (χ0) is 15.2. The largest absolute Gasteiger partial charge is 0.358 e. The van der Waals surface area contributed by atoms with E-state index in [1.165, 1.54) is 0 Å². The fourth-order valence-corrected chi connectivity index (χ4v) is 2.25. The van der Waals surface area contributed by atoms with Crippen LogP contribution in [0.3, 0.4) is 0 Å². The molecule has 0 saturated carbocycles. The first-order chi connectivity index (χ1) is 10.2. The van der Waals surface area contributed by atoms with Crippen LogP contribution in [0.2, 0.25) is 0 Å². The Bertz CT molecular complexity index is 719. The summed E-state index contributed by atoms with van der Waals surface area (Å²) >= 11 is 0. The van der Waals surface area contributed by atoms with Crippen molar-refractivity contribution in [1.29, 1.82) is 5.26 Å². The lowest BCUT2D eigenvalue weighted by molar-refractivity contribution is -0.117. The number of nitriles is 1. The maximum atomic E-state index is 12.0. The summed E-state index contributed by atoms with van der Waals surface area (Å²) in [7, 11) is 0. The quantitative estimate of drug-likeness (QED) is 0.501. The highest BCUT2D eigenvalue weighted by atomic mass is 16.1. The normalized spacial score (nSPS) is 11.4. The third-order valence-corrected chi connectivity index (χ3v) is 3.41. The summed E-state index contributed by atoms with van der Waals surface area (Å²) < 4.78 is 0. The number of fused-ring (bicyclic) bond motifs is 1. The Labute approximate surface area is 124 Å². The van der Waals surface area contributed by atoms with Crippen LogP contribution in [0.4, 0.5) is 0 Å². The van der Waals surface area contributed by atoms with Crippen molar-refractivity contribution in [2.24, 2.45) is 0 Å². The molecule has 1 amide bonds. The molecule has 2 N–H and O–H groups in total. The molecule has 0 spiro atoms. The fourth-order valence-electron chi connectivity index (χ4n) is 2.25. The molecular weight excluding hydrogens is 262 g/mol. The molecule has 4 heteroatoms. The number of H-pyrrole nitrogens is 1. The van der Waals surface area contributed by atoms with Crippen LogP contribution in [0.5, 0.6) is 0 Å². The molecule has 2 rings (SSSR count). The van der Waals surface area contributed by atoms with Gasteiger partial charge in [-0.05, 0) is 25.5 Å².